The van der Waals surface area contributed by atoms with Crippen molar-refractivity contribution >= 4 is 22.6 Å². The number of benzene rings is 1. The first kappa shape index (κ1) is 11.9. The number of ether oxygens (including phenoxy) is 1. The summed E-state index contributed by atoms with van der Waals surface area (Å²) in [6.07, 6.45) is 0.856. The van der Waals surface area contributed by atoms with Crippen molar-refractivity contribution in [1.82, 2.24) is 9.38 Å². The average molecular weight is 272 g/mol. The molecule has 0 aliphatic heterocycles. The number of aryl methyl sites for hydroxylation is 1. The molecule has 0 amide bonds. The normalized spacial score (nSPS) is 10.8. The average Bonchev–Trinajstić information content (AvgIpc) is 2.99. The number of hydrogen-bond acceptors (Lipinski definition) is 4. The Morgan fingerprint density at radius 3 is 3.00 bits per heavy atom. The van der Waals surface area contributed by atoms with Crippen molar-refractivity contribution < 1.29 is 9.53 Å². The zero-order valence-corrected chi connectivity index (χ0v) is 11.4. The van der Waals surface area contributed by atoms with E-state index in [1.807, 2.05) is 41.0 Å². The standard InChI is InChI=1S/C14H12N2O2S/c1-9-8-19-14-15-13(12(7-17)16(9)14)10-4-3-5-11(6-10)18-2/h3-8H,1-2H3. The van der Waals surface area contributed by atoms with Crippen molar-refractivity contribution in [3.05, 3.63) is 41.0 Å². The van der Waals surface area contributed by atoms with Crippen molar-refractivity contribution in [3.8, 4) is 17.0 Å². The number of imidazole rings is 1. The molecule has 0 atom stereocenters. The Balaban J connectivity index is 2.26. The third-order valence-electron chi connectivity index (χ3n) is 3.02. The Labute approximate surface area is 114 Å². The lowest BCUT2D eigenvalue weighted by molar-refractivity contribution is 0.111. The summed E-state index contributed by atoms with van der Waals surface area (Å²) in [6, 6.07) is 7.57. The summed E-state index contributed by atoms with van der Waals surface area (Å²) in [6.45, 7) is 1.97. The molecule has 3 aromatic rings. The third-order valence-corrected chi connectivity index (χ3v) is 3.97. The molecule has 0 saturated carbocycles. The van der Waals surface area contributed by atoms with Crippen LogP contribution in [0.2, 0.25) is 0 Å². The third kappa shape index (κ3) is 1.82. The molecule has 3 rings (SSSR count). The summed E-state index contributed by atoms with van der Waals surface area (Å²) in [5.41, 5.74) is 3.19. The molecule has 96 valence electrons. The van der Waals surface area contributed by atoms with Crippen LogP contribution in [-0.2, 0) is 0 Å². The van der Waals surface area contributed by atoms with Gasteiger partial charge in [0, 0.05) is 16.6 Å². The Hall–Kier alpha value is -2.14. The van der Waals surface area contributed by atoms with E-state index < -0.39 is 0 Å². The first-order valence-corrected chi connectivity index (χ1v) is 6.68. The van der Waals surface area contributed by atoms with Gasteiger partial charge < -0.3 is 4.74 Å². The van der Waals surface area contributed by atoms with E-state index in [4.69, 9.17) is 4.74 Å². The van der Waals surface area contributed by atoms with Crippen LogP contribution in [0.1, 0.15) is 16.2 Å². The minimum absolute atomic E-state index is 0.585. The Kier molecular flexibility index (Phi) is 2.83. The number of nitrogens with zero attached hydrogens (tertiary/aromatic N) is 2. The van der Waals surface area contributed by atoms with Gasteiger partial charge in [0.15, 0.2) is 11.2 Å². The van der Waals surface area contributed by atoms with Gasteiger partial charge in [-0.2, -0.15) is 0 Å². The summed E-state index contributed by atoms with van der Waals surface area (Å²) in [4.78, 5) is 16.8. The zero-order chi connectivity index (χ0) is 13.4. The predicted octanol–water partition coefficient (Wildman–Crippen LogP) is 3.19. The van der Waals surface area contributed by atoms with Crippen molar-refractivity contribution in [2.24, 2.45) is 0 Å². The van der Waals surface area contributed by atoms with E-state index in [0.29, 0.717) is 11.4 Å². The molecule has 0 aliphatic rings. The van der Waals surface area contributed by atoms with Gasteiger partial charge in [-0.05, 0) is 19.1 Å². The van der Waals surface area contributed by atoms with Crippen molar-refractivity contribution in [1.29, 1.82) is 0 Å². The molecule has 0 radical (unpaired) electrons. The van der Waals surface area contributed by atoms with E-state index in [1.54, 1.807) is 7.11 Å². The van der Waals surface area contributed by atoms with Gasteiger partial charge >= 0.3 is 0 Å². The van der Waals surface area contributed by atoms with Crippen LogP contribution < -0.4 is 4.74 Å². The Morgan fingerprint density at radius 2 is 2.26 bits per heavy atom. The highest BCUT2D eigenvalue weighted by molar-refractivity contribution is 7.15. The number of carbonyl (C=O) groups excluding carboxylic acids is 1. The first-order chi connectivity index (χ1) is 9.24. The van der Waals surface area contributed by atoms with Gasteiger partial charge in [0.1, 0.15) is 17.1 Å². The van der Waals surface area contributed by atoms with E-state index in [1.165, 1.54) is 11.3 Å². The smallest absolute Gasteiger partial charge is 0.195 e. The maximum Gasteiger partial charge on any atom is 0.195 e. The molecule has 2 heterocycles. The van der Waals surface area contributed by atoms with Crippen LogP contribution in [0.25, 0.3) is 16.2 Å². The Morgan fingerprint density at radius 1 is 1.42 bits per heavy atom. The fourth-order valence-corrected chi connectivity index (χ4v) is 2.99. The molecule has 1 aromatic carbocycles. The van der Waals surface area contributed by atoms with E-state index in [0.717, 1.165) is 28.3 Å². The minimum atomic E-state index is 0.585. The van der Waals surface area contributed by atoms with E-state index in [9.17, 15) is 4.79 Å². The molecule has 0 unspecified atom stereocenters. The highest BCUT2D eigenvalue weighted by Crippen LogP contribution is 2.29. The lowest BCUT2D eigenvalue weighted by Gasteiger charge is -2.03. The fourth-order valence-electron chi connectivity index (χ4n) is 2.11. The number of aldehydes is 1. The van der Waals surface area contributed by atoms with Crippen molar-refractivity contribution in [3.63, 3.8) is 0 Å². The quantitative estimate of drug-likeness (QED) is 0.688. The molecule has 0 spiro atoms. The van der Waals surface area contributed by atoms with Gasteiger partial charge in [0.05, 0.1) is 7.11 Å². The lowest BCUT2D eigenvalue weighted by atomic mass is 10.1. The van der Waals surface area contributed by atoms with Crippen LogP contribution in [0.15, 0.2) is 29.6 Å². The van der Waals surface area contributed by atoms with E-state index >= 15 is 0 Å². The number of rotatable bonds is 3. The molecule has 5 heteroatoms. The molecule has 0 saturated heterocycles. The number of hydrogen-bond donors (Lipinski definition) is 0. The molecule has 19 heavy (non-hydrogen) atoms. The maximum absolute atomic E-state index is 11.4. The van der Waals surface area contributed by atoms with Crippen molar-refractivity contribution in [2.45, 2.75) is 6.92 Å². The van der Waals surface area contributed by atoms with Crippen LogP contribution >= 0.6 is 11.3 Å². The zero-order valence-electron chi connectivity index (χ0n) is 10.6. The first-order valence-electron chi connectivity index (χ1n) is 5.80. The second-order valence-corrected chi connectivity index (χ2v) is 5.03. The van der Waals surface area contributed by atoms with Crippen molar-refractivity contribution in [2.75, 3.05) is 7.11 Å². The second kappa shape index (κ2) is 4.51. The SMILES string of the molecule is COc1cccc(-c2nc3scc(C)n3c2C=O)c1. The van der Waals surface area contributed by atoms with Crippen LogP contribution in [-0.4, -0.2) is 22.8 Å². The summed E-state index contributed by atoms with van der Waals surface area (Å²) < 4.78 is 7.09. The highest BCUT2D eigenvalue weighted by Gasteiger charge is 2.16. The van der Waals surface area contributed by atoms with Gasteiger partial charge in [-0.15, -0.1) is 11.3 Å². The summed E-state index contributed by atoms with van der Waals surface area (Å²) in [5.74, 6) is 0.752. The molecule has 0 bridgehead atoms. The highest BCUT2D eigenvalue weighted by atomic mass is 32.1. The molecule has 4 nitrogen and oxygen atoms in total. The fraction of sp³-hybridized carbons (Fsp3) is 0.143. The van der Waals surface area contributed by atoms with Crippen LogP contribution in [0.3, 0.4) is 0 Å². The summed E-state index contributed by atoms with van der Waals surface area (Å²) >= 11 is 1.53. The topological polar surface area (TPSA) is 43.6 Å². The lowest BCUT2D eigenvalue weighted by Crippen LogP contribution is -1.93. The van der Waals surface area contributed by atoms with Crippen LogP contribution in [0, 0.1) is 6.92 Å². The minimum Gasteiger partial charge on any atom is -0.497 e. The van der Waals surface area contributed by atoms with Gasteiger partial charge in [-0.3, -0.25) is 9.20 Å². The largest absolute Gasteiger partial charge is 0.497 e. The number of thiazole rings is 1. The number of aromatic nitrogens is 2. The molecule has 0 aliphatic carbocycles. The molecule has 0 N–H and O–H groups in total. The van der Waals surface area contributed by atoms with Gasteiger partial charge in [0.2, 0.25) is 0 Å². The number of methoxy groups -OCH3 is 1. The Bertz CT molecular complexity index is 758. The monoisotopic (exact) mass is 272 g/mol. The maximum atomic E-state index is 11.4. The van der Waals surface area contributed by atoms with Crippen LogP contribution in [0.4, 0.5) is 0 Å². The molecular weight excluding hydrogens is 260 g/mol. The van der Waals surface area contributed by atoms with Crippen LogP contribution in [0.5, 0.6) is 5.75 Å². The second-order valence-electron chi connectivity index (χ2n) is 4.19. The van der Waals surface area contributed by atoms with Gasteiger partial charge in [-0.25, -0.2) is 4.98 Å². The molecular formula is C14H12N2O2S. The van der Waals surface area contributed by atoms with E-state index in [-0.39, 0.29) is 0 Å². The van der Waals surface area contributed by atoms with E-state index in [2.05, 4.69) is 4.98 Å². The number of carbonyl (C=O) groups is 1. The molecule has 0 fully saturated rings. The summed E-state index contributed by atoms with van der Waals surface area (Å²) in [5, 5.41) is 1.99. The van der Waals surface area contributed by atoms with Gasteiger partial charge in [0.25, 0.3) is 0 Å². The van der Waals surface area contributed by atoms with Gasteiger partial charge in [-0.1, -0.05) is 12.1 Å². The predicted molar refractivity (Wildman–Crippen MR) is 75.2 cm³/mol. The molecule has 2 aromatic heterocycles. The number of fused-ring (bicyclic) bond motifs is 1. The summed E-state index contributed by atoms with van der Waals surface area (Å²) in [7, 11) is 1.62.